The lowest BCUT2D eigenvalue weighted by atomic mass is 10.0. The zero-order valence-corrected chi connectivity index (χ0v) is 14.3. The van der Waals surface area contributed by atoms with Crippen LogP contribution in [0.1, 0.15) is 12.8 Å². The molecule has 2 saturated heterocycles. The minimum Gasteiger partial charge on any atom is -0.494 e. The minimum atomic E-state index is 0.109. The van der Waals surface area contributed by atoms with Crippen molar-refractivity contribution in [2.45, 2.75) is 18.9 Å². The van der Waals surface area contributed by atoms with E-state index in [4.69, 9.17) is 9.47 Å². The molecular formula is C16H25N5O3. The first-order chi connectivity index (χ1) is 11.7. The van der Waals surface area contributed by atoms with Crippen molar-refractivity contribution in [3.8, 4) is 5.75 Å². The molecule has 1 aromatic rings. The third kappa shape index (κ3) is 3.69. The highest BCUT2D eigenvalue weighted by molar-refractivity contribution is 5.74. The average molecular weight is 335 g/mol. The summed E-state index contributed by atoms with van der Waals surface area (Å²) >= 11 is 0. The van der Waals surface area contributed by atoms with Crippen LogP contribution >= 0.6 is 0 Å². The summed E-state index contributed by atoms with van der Waals surface area (Å²) in [5.41, 5.74) is 0. The number of carbonyl (C=O) groups is 1. The van der Waals surface area contributed by atoms with Gasteiger partial charge in [-0.1, -0.05) is 0 Å². The summed E-state index contributed by atoms with van der Waals surface area (Å²) in [5, 5.41) is 0. The highest BCUT2D eigenvalue weighted by Gasteiger charge is 2.29. The van der Waals surface area contributed by atoms with Crippen LogP contribution in [0, 0.1) is 0 Å². The van der Waals surface area contributed by atoms with Gasteiger partial charge in [-0.25, -0.2) is 14.8 Å². The van der Waals surface area contributed by atoms with E-state index in [2.05, 4.69) is 14.9 Å². The van der Waals surface area contributed by atoms with Crippen LogP contribution in [0.4, 0.5) is 10.7 Å². The number of hydrogen-bond acceptors (Lipinski definition) is 6. The van der Waals surface area contributed by atoms with E-state index in [1.165, 1.54) is 0 Å². The molecule has 132 valence electrons. The Kier molecular flexibility index (Phi) is 5.34. The zero-order chi connectivity index (χ0) is 16.9. The van der Waals surface area contributed by atoms with Gasteiger partial charge in [0.2, 0.25) is 5.95 Å². The summed E-state index contributed by atoms with van der Waals surface area (Å²) in [6.45, 7) is 4.32. The van der Waals surface area contributed by atoms with Gasteiger partial charge in [0.25, 0.3) is 0 Å². The number of ether oxygens (including phenoxy) is 2. The summed E-state index contributed by atoms with van der Waals surface area (Å²) in [5.74, 6) is 1.38. The Hall–Kier alpha value is -2.09. The molecule has 0 spiro atoms. The molecule has 0 aromatic carbocycles. The highest BCUT2D eigenvalue weighted by atomic mass is 16.5. The first kappa shape index (κ1) is 16.8. The molecule has 0 N–H and O–H groups in total. The second-order valence-electron chi connectivity index (χ2n) is 6.13. The van der Waals surface area contributed by atoms with Crippen LogP contribution in [-0.4, -0.2) is 85.4 Å². The predicted molar refractivity (Wildman–Crippen MR) is 89.4 cm³/mol. The van der Waals surface area contributed by atoms with E-state index < -0.39 is 0 Å². The third-order valence-electron chi connectivity index (χ3n) is 4.73. The molecule has 2 aliphatic heterocycles. The number of carbonyl (C=O) groups excluding carboxylic acids is 1. The van der Waals surface area contributed by atoms with Gasteiger partial charge in [-0.3, -0.25) is 0 Å². The number of rotatable bonds is 3. The number of aromatic nitrogens is 2. The van der Waals surface area contributed by atoms with E-state index in [9.17, 15) is 4.79 Å². The molecule has 0 saturated carbocycles. The SMILES string of the molecule is COc1cnc(N2CCC(N(C)C(=O)N3CCOCC3)CC2)nc1. The molecule has 2 amide bonds. The highest BCUT2D eigenvalue weighted by Crippen LogP contribution is 2.21. The molecule has 0 unspecified atom stereocenters. The molecule has 0 radical (unpaired) electrons. The van der Waals surface area contributed by atoms with E-state index in [0.717, 1.165) is 31.9 Å². The smallest absolute Gasteiger partial charge is 0.320 e. The Morgan fingerprint density at radius 3 is 2.42 bits per heavy atom. The number of piperidine rings is 1. The van der Waals surface area contributed by atoms with Crippen LogP contribution in [0.2, 0.25) is 0 Å². The largest absolute Gasteiger partial charge is 0.494 e. The van der Waals surface area contributed by atoms with Gasteiger partial charge in [-0.2, -0.15) is 0 Å². The van der Waals surface area contributed by atoms with E-state index in [1.807, 2.05) is 16.8 Å². The standard InChI is InChI=1S/C16H25N5O3/c1-19(16(22)21-7-9-24-10-8-21)13-3-5-20(6-4-13)15-17-11-14(23-2)12-18-15/h11-13H,3-10H2,1-2H3. The third-order valence-corrected chi connectivity index (χ3v) is 4.73. The molecule has 0 atom stereocenters. The van der Waals surface area contributed by atoms with E-state index in [-0.39, 0.29) is 12.1 Å². The molecule has 24 heavy (non-hydrogen) atoms. The summed E-state index contributed by atoms with van der Waals surface area (Å²) in [6, 6.07) is 0.368. The predicted octanol–water partition coefficient (Wildman–Crippen LogP) is 0.838. The molecule has 1 aromatic heterocycles. The quantitative estimate of drug-likeness (QED) is 0.815. The molecule has 8 heteroatoms. The fourth-order valence-corrected chi connectivity index (χ4v) is 3.17. The van der Waals surface area contributed by atoms with Crippen molar-refractivity contribution < 1.29 is 14.3 Å². The number of anilines is 1. The molecule has 3 rings (SSSR count). The second-order valence-corrected chi connectivity index (χ2v) is 6.13. The Morgan fingerprint density at radius 2 is 1.83 bits per heavy atom. The van der Waals surface area contributed by atoms with Crippen LogP contribution < -0.4 is 9.64 Å². The Labute approximate surface area is 142 Å². The van der Waals surface area contributed by atoms with Gasteiger partial charge in [0.05, 0.1) is 32.7 Å². The second kappa shape index (κ2) is 7.65. The van der Waals surface area contributed by atoms with Gasteiger partial charge in [0, 0.05) is 39.3 Å². The molecule has 3 heterocycles. The van der Waals surface area contributed by atoms with Crippen LogP contribution in [0.5, 0.6) is 5.75 Å². The maximum atomic E-state index is 12.6. The summed E-state index contributed by atoms with van der Waals surface area (Å²) in [7, 11) is 3.51. The van der Waals surface area contributed by atoms with E-state index in [1.54, 1.807) is 19.5 Å². The van der Waals surface area contributed by atoms with Gasteiger partial charge in [0.1, 0.15) is 0 Å². The van der Waals surface area contributed by atoms with Gasteiger partial charge >= 0.3 is 6.03 Å². The maximum absolute atomic E-state index is 12.6. The lowest BCUT2D eigenvalue weighted by Gasteiger charge is -2.39. The van der Waals surface area contributed by atoms with Crippen molar-refractivity contribution in [3.63, 3.8) is 0 Å². The van der Waals surface area contributed by atoms with Gasteiger partial charge in [0.15, 0.2) is 5.75 Å². The fraction of sp³-hybridized carbons (Fsp3) is 0.688. The number of hydrogen-bond donors (Lipinski definition) is 0. The Morgan fingerprint density at radius 1 is 1.21 bits per heavy atom. The van der Waals surface area contributed by atoms with Crippen LogP contribution in [0.15, 0.2) is 12.4 Å². The number of amides is 2. The topological polar surface area (TPSA) is 71.0 Å². The summed E-state index contributed by atoms with van der Waals surface area (Å²) in [6.07, 6.45) is 5.20. The Balaban J connectivity index is 1.52. The van der Waals surface area contributed by atoms with E-state index in [0.29, 0.717) is 32.1 Å². The first-order valence-corrected chi connectivity index (χ1v) is 8.39. The molecule has 0 aliphatic carbocycles. The van der Waals surface area contributed by atoms with Crippen molar-refractivity contribution in [2.24, 2.45) is 0 Å². The maximum Gasteiger partial charge on any atom is 0.320 e. The number of nitrogens with zero attached hydrogens (tertiary/aromatic N) is 5. The monoisotopic (exact) mass is 335 g/mol. The van der Waals surface area contributed by atoms with Gasteiger partial charge in [-0.05, 0) is 12.8 Å². The number of methoxy groups -OCH3 is 1. The van der Waals surface area contributed by atoms with Crippen LogP contribution in [-0.2, 0) is 4.74 Å². The lowest BCUT2D eigenvalue weighted by Crippen LogP contribution is -2.52. The van der Waals surface area contributed by atoms with Crippen molar-refractivity contribution in [3.05, 3.63) is 12.4 Å². The fourth-order valence-electron chi connectivity index (χ4n) is 3.17. The molecule has 2 aliphatic rings. The van der Waals surface area contributed by atoms with Crippen LogP contribution in [0.25, 0.3) is 0 Å². The normalized spacial score (nSPS) is 19.2. The Bertz CT molecular complexity index is 539. The number of morpholine rings is 1. The van der Waals surface area contributed by atoms with Gasteiger partial charge in [-0.15, -0.1) is 0 Å². The van der Waals surface area contributed by atoms with Crippen molar-refractivity contribution >= 4 is 12.0 Å². The van der Waals surface area contributed by atoms with Crippen LogP contribution in [0.3, 0.4) is 0 Å². The lowest BCUT2D eigenvalue weighted by molar-refractivity contribution is 0.0409. The van der Waals surface area contributed by atoms with Crippen molar-refractivity contribution in [2.75, 3.05) is 58.5 Å². The van der Waals surface area contributed by atoms with Crippen molar-refractivity contribution in [1.29, 1.82) is 0 Å². The van der Waals surface area contributed by atoms with Gasteiger partial charge < -0.3 is 24.2 Å². The zero-order valence-electron chi connectivity index (χ0n) is 14.3. The average Bonchev–Trinajstić information content (AvgIpc) is 2.68. The number of urea groups is 1. The molecule has 0 bridgehead atoms. The summed E-state index contributed by atoms with van der Waals surface area (Å²) < 4.78 is 10.4. The molecule has 2 fully saturated rings. The molecular weight excluding hydrogens is 310 g/mol. The molecule has 8 nitrogen and oxygen atoms in total. The minimum absolute atomic E-state index is 0.109. The first-order valence-electron chi connectivity index (χ1n) is 8.39. The van der Waals surface area contributed by atoms with E-state index >= 15 is 0 Å². The summed E-state index contributed by atoms with van der Waals surface area (Å²) in [4.78, 5) is 27.2. The van der Waals surface area contributed by atoms with Crippen molar-refractivity contribution in [1.82, 2.24) is 19.8 Å².